The summed E-state index contributed by atoms with van der Waals surface area (Å²) in [5, 5.41) is 2.32. The van der Waals surface area contributed by atoms with Gasteiger partial charge in [0.15, 0.2) is 11.5 Å². The predicted octanol–water partition coefficient (Wildman–Crippen LogP) is 4.25. The Morgan fingerprint density at radius 3 is 2.74 bits per heavy atom. The number of hydrogen-bond acceptors (Lipinski definition) is 4. The van der Waals surface area contributed by atoms with E-state index in [1.54, 1.807) is 34.4 Å². The molecule has 0 aliphatic carbocycles. The Morgan fingerprint density at radius 1 is 1.39 bits per heavy atom. The summed E-state index contributed by atoms with van der Waals surface area (Å²) in [6.45, 7) is 4.69. The van der Waals surface area contributed by atoms with Crippen LogP contribution in [0.3, 0.4) is 0 Å². The summed E-state index contributed by atoms with van der Waals surface area (Å²) in [6.07, 6.45) is 1.70. The van der Waals surface area contributed by atoms with Crippen LogP contribution in [0.5, 0.6) is 11.5 Å². The van der Waals surface area contributed by atoms with Crippen LogP contribution in [0.1, 0.15) is 15.2 Å². The molecule has 1 aromatic heterocycles. The summed E-state index contributed by atoms with van der Waals surface area (Å²) in [5.74, 6) is 0.707. The molecule has 1 heterocycles. The molecule has 0 bridgehead atoms. The van der Waals surface area contributed by atoms with Gasteiger partial charge in [0, 0.05) is 17.0 Å². The minimum atomic E-state index is -0.138. The third-order valence-electron chi connectivity index (χ3n) is 3.24. The van der Waals surface area contributed by atoms with E-state index in [4.69, 9.17) is 21.1 Å². The number of benzene rings is 1. The van der Waals surface area contributed by atoms with Crippen molar-refractivity contribution in [2.45, 2.75) is 6.54 Å². The number of amides is 1. The highest BCUT2D eigenvalue weighted by molar-refractivity contribution is 7.09. The summed E-state index contributed by atoms with van der Waals surface area (Å²) in [6, 6.07) is 7.19. The molecule has 1 aromatic carbocycles. The fraction of sp³-hybridized carbons (Fsp3) is 0.235. The van der Waals surface area contributed by atoms with E-state index in [0.29, 0.717) is 35.2 Å². The first kappa shape index (κ1) is 17.4. The van der Waals surface area contributed by atoms with E-state index in [-0.39, 0.29) is 5.91 Å². The maximum atomic E-state index is 12.8. The molecule has 122 valence electrons. The van der Waals surface area contributed by atoms with Crippen LogP contribution in [0.25, 0.3) is 0 Å². The van der Waals surface area contributed by atoms with Crippen molar-refractivity contribution in [2.24, 2.45) is 0 Å². The molecular weight excluding hydrogens is 334 g/mol. The normalized spacial score (nSPS) is 10.2. The minimum absolute atomic E-state index is 0.138. The van der Waals surface area contributed by atoms with Crippen LogP contribution in [0.2, 0.25) is 5.02 Å². The first-order valence-electron chi connectivity index (χ1n) is 6.94. The Morgan fingerprint density at radius 2 is 2.17 bits per heavy atom. The molecule has 0 unspecified atom stereocenters. The second-order valence-electron chi connectivity index (χ2n) is 4.75. The fourth-order valence-corrected chi connectivity index (χ4v) is 3.20. The Kier molecular flexibility index (Phi) is 6.07. The molecular formula is C17H18ClNO3S. The number of thiophene rings is 1. The summed E-state index contributed by atoms with van der Waals surface area (Å²) < 4.78 is 10.5. The van der Waals surface area contributed by atoms with Gasteiger partial charge in [0.05, 0.1) is 25.8 Å². The van der Waals surface area contributed by atoms with Gasteiger partial charge in [-0.25, -0.2) is 0 Å². The molecule has 23 heavy (non-hydrogen) atoms. The van der Waals surface area contributed by atoms with Crippen LogP contribution in [0.15, 0.2) is 42.3 Å². The van der Waals surface area contributed by atoms with Gasteiger partial charge in [-0.3, -0.25) is 4.79 Å². The highest BCUT2D eigenvalue weighted by atomic mass is 35.5. The number of ether oxygens (including phenoxy) is 2. The number of rotatable bonds is 7. The molecule has 0 fully saturated rings. The van der Waals surface area contributed by atoms with Gasteiger partial charge in [-0.15, -0.1) is 17.9 Å². The first-order chi connectivity index (χ1) is 11.1. The van der Waals surface area contributed by atoms with E-state index in [2.05, 4.69) is 6.58 Å². The smallest absolute Gasteiger partial charge is 0.254 e. The molecule has 2 rings (SSSR count). The van der Waals surface area contributed by atoms with E-state index in [0.717, 1.165) is 4.88 Å². The number of carbonyl (C=O) groups excluding carboxylic acids is 1. The Balaban J connectivity index is 2.32. The quantitative estimate of drug-likeness (QED) is 0.700. The average molecular weight is 352 g/mol. The lowest BCUT2D eigenvalue weighted by Crippen LogP contribution is -2.30. The minimum Gasteiger partial charge on any atom is -0.493 e. The van der Waals surface area contributed by atoms with Crippen molar-refractivity contribution in [1.29, 1.82) is 0 Å². The monoisotopic (exact) mass is 351 g/mol. The molecule has 0 aliphatic rings. The Labute approximate surface area is 144 Å². The van der Waals surface area contributed by atoms with E-state index >= 15 is 0 Å². The lowest BCUT2D eigenvalue weighted by Gasteiger charge is -2.21. The molecule has 0 atom stereocenters. The van der Waals surface area contributed by atoms with Crippen molar-refractivity contribution >= 4 is 28.8 Å². The van der Waals surface area contributed by atoms with Gasteiger partial charge < -0.3 is 14.4 Å². The predicted molar refractivity (Wildman–Crippen MR) is 93.8 cm³/mol. The standard InChI is InChI=1S/C17H18ClNO3S/c1-4-7-19(11-13-6-5-8-23-13)17(20)12-9-14(18)16(22-3)15(10-12)21-2/h4-6,8-10H,1,7,11H2,2-3H3. The van der Waals surface area contributed by atoms with Crippen molar-refractivity contribution in [3.05, 3.63) is 57.8 Å². The zero-order chi connectivity index (χ0) is 16.8. The Hall–Kier alpha value is -1.98. The average Bonchev–Trinajstić information content (AvgIpc) is 3.06. The molecule has 0 spiro atoms. The molecule has 0 saturated heterocycles. The maximum absolute atomic E-state index is 12.8. The highest BCUT2D eigenvalue weighted by Crippen LogP contribution is 2.36. The second-order valence-corrected chi connectivity index (χ2v) is 6.19. The number of hydrogen-bond donors (Lipinski definition) is 0. The molecule has 1 amide bonds. The van der Waals surface area contributed by atoms with Gasteiger partial charge in [-0.1, -0.05) is 23.7 Å². The summed E-state index contributed by atoms with van der Waals surface area (Å²) in [5.41, 5.74) is 0.450. The van der Waals surface area contributed by atoms with Crippen molar-refractivity contribution in [1.82, 2.24) is 4.90 Å². The van der Waals surface area contributed by atoms with Crippen LogP contribution in [-0.2, 0) is 6.54 Å². The number of carbonyl (C=O) groups is 1. The molecule has 0 N–H and O–H groups in total. The largest absolute Gasteiger partial charge is 0.493 e. The van der Waals surface area contributed by atoms with E-state index in [9.17, 15) is 4.79 Å². The van der Waals surface area contributed by atoms with Crippen molar-refractivity contribution in [3.8, 4) is 11.5 Å². The van der Waals surface area contributed by atoms with Crippen molar-refractivity contribution < 1.29 is 14.3 Å². The van der Waals surface area contributed by atoms with E-state index in [1.165, 1.54) is 14.2 Å². The summed E-state index contributed by atoms with van der Waals surface area (Å²) >= 11 is 7.80. The van der Waals surface area contributed by atoms with E-state index in [1.807, 2.05) is 17.5 Å². The van der Waals surface area contributed by atoms with Gasteiger partial charge in [-0.05, 0) is 23.6 Å². The zero-order valence-electron chi connectivity index (χ0n) is 13.0. The van der Waals surface area contributed by atoms with Gasteiger partial charge in [0.25, 0.3) is 5.91 Å². The third-order valence-corrected chi connectivity index (χ3v) is 4.39. The van der Waals surface area contributed by atoms with Gasteiger partial charge >= 0.3 is 0 Å². The first-order valence-corrected chi connectivity index (χ1v) is 8.20. The summed E-state index contributed by atoms with van der Waals surface area (Å²) in [4.78, 5) is 15.6. The molecule has 4 nitrogen and oxygen atoms in total. The van der Waals surface area contributed by atoms with Gasteiger partial charge in [-0.2, -0.15) is 0 Å². The molecule has 0 radical (unpaired) electrons. The van der Waals surface area contributed by atoms with Crippen LogP contribution in [-0.4, -0.2) is 31.6 Å². The second kappa shape index (κ2) is 8.04. The van der Waals surface area contributed by atoms with Crippen LogP contribution in [0, 0.1) is 0 Å². The molecule has 2 aromatic rings. The number of nitrogens with zero attached hydrogens (tertiary/aromatic N) is 1. The topological polar surface area (TPSA) is 38.8 Å². The molecule has 0 saturated carbocycles. The van der Waals surface area contributed by atoms with Crippen LogP contribution >= 0.6 is 22.9 Å². The molecule has 0 aliphatic heterocycles. The van der Waals surface area contributed by atoms with Gasteiger partial charge in [0.1, 0.15) is 0 Å². The Bertz CT molecular complexity index is 685. The van der Waals surface area contributed by atoms with Gasteiger partial charge in [0.2, 0.25) is 0 Å². The lowest BCUT2D eigenvalue weighted by molar-refractivity contribution is 0.0764. The maximum Gasteiger partial charge on any atom is 0.254 e. The fourth-order valence-electron chi connectivity index (χ4n) is 2.19. The summed E-state index contributed by atoms with van der Waals surface area (Å²) in [7, 11) is 3.02. The number of methoxy groups -OCH3 is 2. The van der Waals surface area contributed by atoms with E-state index < -0.39 is 0 Å². The van der Waals surface area contributed by atoms with Crippen molar-refractivity contribution in [2.75, 3.05) is 20.8 Å². The zero-order valence-corrected chi connectivity index (χ0v) is 14.6. The third kappa shape index (κ3) is 4.06. The SMILES string of the molecule is C=CCN(Cc1cccs1)C(=O)c1cc(Cl)c(OC)c(OC)c1. The highest BCUT2D eigenvalue weighted by Gasteiger charge is 2.20. The van der Waals surface area contributed by atoms with Crippen LogP contribution < -0.4 is 9.47 Å². The molecule has 6 heteroatoms. The van der Waals surface area contributed by atoms with Crippen molar-refractivity contribution in [3.63, 3.8) is 0 Å². The van der Waals surface area contributed by atoms with Crippen LogP contribution in [0.4, 0.5) is 0 Å². The number of halogens is 1. The lowest BCUT2D eigenvalue weighted by atomic mass is 10.1.